The van der Waals surface area contributed by atoms with E-state index in [2.05, 4.69) is 11.8 Å². The van der Waals surface area contributed by atoms with Crippen LogP contribution < -0.4 is 4.90 Å². The Labute approximate surface area is 137 Å². The largest absolute Gasteiger partial charge is 0.481 e. The van der Waals surface area contributed by atoms with E-state index in [0.29, 0.717) is 18.5 Å². The van der Waals surface area contributed by atoms with Gasteiger partial charge in [0.05, 0.1) is 5.92 Å². The number of anilines is 1. The third kappa shape index (κ3) is 3.84. The molecule has 1 aromatic rings. The minimum Gasteiger partial charge on any atom is -0.481 e. The molecule has 0 unspecified atom stereocenters. The summed E-state index contributed by atoms with van der Waals surface area (Å²) in [5.41, 5.74) is 1.70. The average Bonchev–Trinajstić information content (AvgIpc) is 2.54. The number of carboxylic acid groups (broad SMARTS) is 1. The van der Waals surface area contributed by atoms with Gasteiger partial charge in [-0.05, 0) is 50.5 Å². The zero-order valence-electron chi connectivity index (χ0n) is 14.2. The highest BCUT2D eigenvalue weighted by Gasteiger charge is 2.35. The molecule has 126 valence electrons. The van der Waals surface area contributed by atoms with Crippen molar-refractivity contribution in [1.29, 1.82) is 0 Å². The van der Waals surface area contributed by atoms with Gasteiger partial charge in [-0.15, -0.1) is 0 Å². The minimum atomic E-state index is -0.813. The van der Waals surface area contributed by atoms with Crippen molar-refractivity contribution in [3.05, 3.63) is 29.8 Å². The van der Waals surface area contributed by atoms with E-state index in [9.17, 15) is 14.7 Å². The van der Waals surface area contributed by atoms with Crippen LogP contribution in [0.3, 0.4) is 0 Å². The summed E-state index contributed by atoms with van der Waals surface area (Å²) in [6.45, 7) is 5.56. The molecule has 0 saturated carbocycles. The van der Waals surface area contributed by atoms with E-state index < -0.39 is 11.9 Å². The van der Waals surface area contributed by atoms with Gasteiger partial charge < -0.3 is 14.9 Å². The average molecular weight is 318 g/mol. The van der Waals surface area contributed by atoms with Gasteiger partial charge in [-0.3, -0.25) is 9.59 Å². The molecule has 1 N–H and O–H groups in total. The summed E-state index contributed by atoms with van der Waals surface area (Å²) in [6, 6.07) is 7.30. The molecule has 0 bridgehead atoms. The van der Waals surface area contributed by atoms with Crippen LogP contribution >= 0.6 is 0 Å². The number of nitrogens with zero attached hydrogens (tertiary/aromatic N) is 2. The summed E-state index contributed by atoms with van der Waals surface area (Å²) in [4.78, 5) is 27.9. The molecule has 2 rings (SSSR count). The van der Waals surface area contributed by atoms with Crippen LogP contribution in [0.5, 0.6) is 0 Å². The number of carbonyl (C=O) groups excluding carboxylic acids is 1. The van der Waals surface area contributed by atoms with Gasteiger partial charge in [-0.2, -0.15) is 0 Å². The number of aliphatic carboxylic acids is 1. The van der Waals surface area contributed by atoms with Gasteiger partial charge in [0.1, 0.15) is 0 Å². The van der Waals surface area contributed by atoms with E-state index in [4.69, 9.17) is 0 Å². The zero-order chi connectivity index (χ0) is 17.0. The Balaban J connectivity index is 2.12. The number of hydrogen-bond acceptors (Lipinski definition) is 3. The lowest BCUT2D eigenvalue weighted by Crippen LogP contribution is -2.49. The smallest absolute Gasteiger partial charge is 0.308 e. The van der Waals surface area contributed by atoms with Crippen molar-refractivity contribution in [1.82, 2.24) is 4.90 Å². The summed E-state index contributed by atoms with van der Waals surface area (Å²) in [6.07, 6.45) is 2.45. The first-order valence-corrected chi connectivity index (χ1v) is 8.30. The van der Waals surface area contributed by atoms with Crippen LogP contribution in [-0.2, 0) is 4.79 Å². The number of piperidine rings is 1. The Morgan fingerprint density at radius 1 is 1.30 bits per heavy atom. The van der Waals surface area contributed by atoms with Gasteiger partial charge in [-0.25, -0.2) is 0 Å². The first-order valence-electron chi connectivity index (χ1n) is 8.30. The van der Waals surface area contributed by atoms with Crippen LogP contribution in [0.15, 0.2) is 24.3 Å². The molecule has 1 aromatic carbocycles. The van der Waals surface area contributed by atoms with Gasteiger partial charge in [0.2, 0.25) is 0 Å². The third-order valence-electron chi connectivity index (χ3n) is 4.68. The number of rotatable bonds is 5. The second-order valence-corrected chi connectivity index (χ2v) is 6.29. The van der Waals surface area contributed by atoms with Crippen LogP contribution in [0.4, 0.5) is 5.69 Å². The Morgan fingerprint density at radius 3 is 2.52 bits per heavy atom. The first-order chi connectivity index (χ1) is 11.0. The molecule has 1 amide bonds. The number of carbonyl (C=O) groups is 2. The standard InChI is InChI=1S/C18H26N2O3/c1-4-11-19(3)15-9-7-14(8-10-15)17(21)20-12-5-6-16(13(20)2)18(22)23/h7-10,13,16H,4-6,11-12H2,1-3H3,(H,22,23)/t13-,16-/m0/s1. The number of benzene rings is 1. The molecular formula is C18H26N2O3. The summed E-state index contributed by atoms with van der Waals surface area (Å²) < 4.78 is 0. The quantitative estimate of drug-likeness (QED) is 0.907. The summed E-state index contributed by atoms with van der Waals surface area (Å²) in [7, 11) is 2.03. The van der Waals surface area contributed by atoms with E-state index in [1.807, 2.05) is 38.2 Å². The van der Waals surface area contributed by atoms with Crippen molar-refractivity contribution >= 4 is 17.6 Å². The second-order valence-electron chi connectivity index (χ2n) is 6.29. The number of carboxylic acids is 1. The SMILES string of the molecule is CCCN(C)c1ccc(C(=O)N2CCC[C@H](C(=O)O)[C@@H]2C)cc1. The zero-order valence-corrected chi connectivity index (χ0v) is 14.2. The van der Waals surface area contributed by atoms with Crippen molar-refractivity contribution < 1.29 is 14.7 Å². The van der Waals surface area contributed by atoms with Gasteiger partial charge in [0.15, 0.2) is 0 Å². The molecule has 0 aromatic heterocycles. The monoisotopic (exact) mass is 318 g/mol. The molecule has 0 aliphatic carbocycles. The first kappa shape index (κ1) is 17.3. The fraction of sp³-hybridized carbons (Fsp3) is 0.556. The molecule has 1 aliphatic heterocycles. The maximum Gasteiger partial charge on any atom is 0.308 e. The maximum absolute atomic E-state index is 12.7. The predicted molar refractivity (Wildman–Crippen MR) is 90.9 cm³/mol. The summed E-state index contributed by atoms with van der Waals surface area (Å²) >= 11 is 0. The van der Waals surface area contributed by atoms with E-state index in [0.717, 1.165) is 25.1 Å². The molecule has 0 spiro atoms. The van der Waals surface area contributed by atoms with Crippen LogP contribution in [0.25, 0.3) is 0 Å². The number of amides is 1. The maximum atomic E-state index is 12.7. The molecule has 0 radical (unpaired) electrons. The van der Waals surface area contributed by atoms with Gasteiger partial charge in [-0.1, -0.05) is 6.92 Å². The van der Waals surface area contributed by atoms with Gasteiger partial charge in [0, 0.05) is 37.4 Å². The van der Waals surface area contributed by atoms with E-state index >= 15 is 0 Å². The Bertz CT molecular complexity index is 556. The summed E-state index contributed by atoms with van der Waals surface area (Å²) in [5.74, 6) is -1.36. The topological polar surface area (TPSA) is 60.9 Å². The fourth-order valence-corrected chi connectivity index (χ4v) is 3.25. The number of likely N-dealkylation sites (tertiary alicyclic amines) is 1. The van der Waals surface area contributed by atoms with E-state index in [1.54, 1.807) is 4.90 Å². The molecular weight excluding hydrogens is 292 g/mol. The lowest BCUT2D eigenvalue weighted by Gasteiger charge is -2.37. The van der Waals surface area contributed by atoms with Crippen LogP contribution in [0, 0.1) is 5.92 Å². The molecule has 1 saturated heterocycles. The summed E-state index contributed by atoms with van der Waals surface area (Å²) in [5, 5.41) is 9.28. The van der Waals surface area contributed by atoms with Gasteiger partial charge in [0.25, 0.3) is 5.91 Å². The molecule has 1 fully saturated rings. The van der Waals surface area contributed by atoms with Crippen molar-refractivity contribution in [2.45, 2.75) is 39.2 Å². The molecule has 23 heavy (non-hydrogen) atoms. The highest BCUT2D eigenvalue weighted by atomic mass is 16.4. The van der Waals surface area contributed by atoms with Crippen LogP contribution in [0.2, 0.25) is 0 Å². The molecule has 2 atom stereocenters. The Morgan fingerprint density at radius 2 is 1.96 bits per heavy atom. The molecule has 1 aliphatic rings. The van der Waals surface area contributed by atoms with Crippen molar-refractivity contribution in [2.24, 2.45) is 5.92 Å². The normalized spacial score (nSPS) is 21.1. The minimum absolute atomic E-state index is 0.0758. The van der Waals surface area contributed by atoms with E-state index in [1.165, 1.54) is 0 Å². The Kier molecular flexibility index (Phi) is 5.64. The van der Waals surface area contributed by atoms with Crippen molar-refractivity contribution in [2.75, 3.05) is 25.0 Å². The highest BCUT2D eigenvalue weighted by molar-refractivity contribution is 5.95. The molecule has 5 heteroatoms. The van der Waals surface area contributed by atoms with Crippen LogP contribution in [-0.4, -0.2) is 48.1 Å². The second kappa shape index (κ2) is 7.49. The van der Waals surface area contributed by atoms with Gasteiger partial charge >= 0.3 is 5.97 Å². The van der Waals surface area contributed by atoms with Crippen LogP contribution in [0.1, 0.15) is 43.5 Å². The number of hydrogen-bond donors (Lipinski definition) is 1. The lowest BCUT2D eigenvalue weighted by atomic mass is 9.90. The van der Waals surface area contributed by atoms with E-state index in [-0.39, 0.29) is 11.9 Å². The lowest BCUT2D eigenvalue weighted by molar-refractivity contribution is -0.144. The van der Waals surface area contributed by atoms with Crippen molar-refractivity contribution in [3.63, 3.8) is 0 Å². The fourth-order valence-electron chi connectivity index (χ4n) is 3.25. The molecule has 1 heterocycles. The molecule has 5 nitrogen and oxygen atoms in total. The Hall–Kier alpha value is -2.04. The van der Waals surface area contributed by atoms with Crippen molar-refractivity contribution in [3.8, 4) is 0 Å². The highest BCUT2D eigenvalue weighted by Crippen LogP contribution is 2.26. The predicted octanol–water partition coefficient (Wildman–Crippen LogP) is 2.86. The third-order valence-corrected chi connectivity index (χ3v) is 4.68.